The van der Waals surface area contributed by atoms with Gasteiger partial charge < -0.3 is 4.74 Å². The van der Waals surface area contributed by atoms with E-state index in [4.69, 9.17) is 4.74 Å². The Labute approximate surface area is 188 Å². The number of para-hydroxylation sites is 1. The van der Waals surface area contributed by atoms with Crippen molar-refractivity contribution in [2.24, 2.45) is 0 Å². The van der Waals surface area contributed by atoms with E-state index in [2.05, 4.69) is 6.92 Å². The second-order valence-corrected chi connectivity index (χ2v) is 9.69. The highest BCUT2D eigenvalue weighted by Crippen LogP contribution is 2.27. The van der Waals surface area contributed by atoms with Crippen LogP contribution in [0.2, 0.25) is 0 Å². The molecule has 1 N–H and O–H groups in total. The minimum Gasteiger partial charge on any atom is -0.457 e. The first kappa shape index (κ1) is 25.4. The van der Waals surface area contributed by atoms with Gasteiger partial charge in [-0.3, -0.25) is 4.55 Å². The van der Waals surface area contributed by atoms with Gasteiger partial charge in [-0.2, -0.15) is 8.42 Å². The Morgan fingerprint density at radius 1 is 0.710 bits per heavy atom. The highest BCUT2D eigenvalue weighted by atomic mass is 32.2. The molecule has 0 aliphatic rings. The summed E-state index contributed by atoms with van der Waals surface area (Å²) in [5.74, 6) is 1.27. The van der Waals surface area contributed by atoms with E-state index < -0.39 is 10.1 Å². The van der Waals surface area contributed by atoms with Gasteiger partial charge in [0.25, 0.3) is 10.1 Å². The van der Waals surface area contributed by atoms with Crippen LogP contribution in [-0.2, 0) is 16.5 Å². The third-order valence-electron chi connectivity index (χ3n) is 5.59. The molecule has 172 valence electrons. The quantitative estimate of drug-likeness (QED) is 0.210. The molecule has 2 aromatic rings. The molecule has 0 spiro atoms. The van der Waals surface area contributed by atoms with Gasteiger partial charge in [0.05, 0.1) is 4.90 Å². The molecule has 2 aromatic carbocycles. The van der Waals surface area contributed by atoms with Crippen LogP contribution in [0.5, 0.6) is 11.5 Å². The predicted molar refractivity (Wildman–Crippen MR) is 128 cm³/mol. The van der Waals surface area contributed by atoms with Gasteiger partial charge >= 0.3 is 0 Å². The third kappa shape index (κ3) is 10.3. The van der Waals surface area contributed by atoms with Gasteiger partial charge in [-0.15, -0.1) is 0 Å². The maximum atomic E-state index is 11.8. The summed E-state index contributed by atoms with van der Waals surface area (Å²) in [6.07, 6.45) is 15.7. The van der Waals surface area contributed by atoms with Crippen LogP contribution in [0.3, 0.4) is 0 Å². The largest absolute Gasteiger partial charge is 0.457 e. The van der Waals surface area contributed by atoms with Crippen LogP contribution < -0.4 is 4.74 Å². The van der Waals surface area contributed by atoms with E-state index in [1.807, 2.05) is 30.3 Å². The van der Waals surface area contributed by atoms with E-state index in [1.165, 1.54) is 63.9 Å². The molecule has 31 heavy (non-hydrogen) atoms. The van der Waals surface area contributed by atoms with E-state index in [1.54, 1.807) is 12.1 Å². The van der Waals surface area contributed by atoms with Crippen LogP contribution in [-0.4, -0.2) is 13.0 Å². The molecule has 0 aliphatic heterocycles. The van der Waals surface area contributed by atoms with Crippen LogP contribution >= 0.6 is 0 Å². The topological polar surface area (TPSA) is 63.6 Å². The molecule has 0 aliphatic carbocycles. The van der Waals surface area contributed by atoms with Crippen molar-refractivity contribution in [1.82, 2.24) is 0 Å². The maximum absolute atomic E-state index is 11.8. The van der Waals surface area contributed by atoms with Gasteiger partial charge in [0.2, 0.25) is 0 Å². The summed E-state index contributed by atoms with van der Waals surface area (Å²) < 4.78 is 38.9. The van der Waals surface area contributed by atoms with E-state index in [0.717, 1.165) is 19.3 Å². The summed E-state index contributed by atoms with van der Waals surface area (Å²) >= 11 is 0. The molecule has 0 saturated carbocycles. The van der Waals surface area contributed by atoms with Crippen LogP contribution in [0.4, 0.5) is 0 Å². The molecule has 4 nitrogen and oxygen atoms in total. The van der Waals surface area contributed by atoms with Gasteiger partial charge in [0, 0.05) is 0 Å². The lowest BCUT2D eigenvalue weighted by molar-refractivity contribution is 0.475. The maximum Gasteiger partial charge on any atom is 0.294 e. The molecule has 2 rings (SSSR count). The fraction of sp³-hybridized carbons (Fsp3) is 0.538. The molecule has 0 unspecified atom stereocenters. The third-order valence-corrected chi connectivity index (χ3v) is 6.54. The number of hydrogen-bond acceptors (Lipinski definition) is 3. The lowest BCUT2D eigenvalue weighted by Gasteiger charge is -2.11. The second-order valence-electron chi connectivity index (χ2n) is 8.30. The van der Waals surface area contributed by atoms with E-state index >= 15 is 0 Å². The zero-order chi connectivity index (χ0) is 22.4. The van der Waals surface area contributed by atoms with Crippen molar-refractivity contribution < 1.29 is 17.7 Å². The molecule has 0 radical (unpaired) electrons. The average molecular weight is 447 g/mol. The number of aryl methyl sites for hydroxylation is 1. The SMILES string of the molecule is CCCCCCCCCCCCCCc1cc(Oc2ccccc2)ccc1S(=O)(=O)O. The predicted octanol–water partition coefficient (Wildman–Crippen LogP) is 7.97. The van der Waals surface area contributed by atoms with Crippen molar-refractivity contribution in [3.05, 3.63) is 54.1 Å². The Morgan fingerprint density at radius 2 is 1.26 bits per heavy atom. The standard InChI is InChI=1S/C26H38O4S/c1-2-3-4-5-6-7-8-9-10-11-12-14-17-23-22-25(20-21-26(23)31(27,28)29)30-24-18-15-13-16-19-24/h13,15-16,18-22H,2-12,14,17H2,1H3,(H,27,28,29). The zero-order valence-electron chi connectivity index (χ0n) is 18.9. The highest BCUT2D eigenvalue weighted by molar-refractivity contribution is 7.85. The Kier molecular flexibility index (Phi) is 11.7. The van der Waals surface area contributed by atoms with E-state index in [0.29, 0.717) is 23.5 Å². The smallest absolute Gasteiger partial charge is 0.294 e. The first-order chi connectivity index (χ1) is 15.0. The van der Waals surface area contributed by atoms with Crippen molar-refractivity contribution in [3.63, 3.8) is 0 Å². The summed E-state index contributed by atoms with van der Waals surface area (Å²) in [7, 11) is -4.24. The number of benzene rings is 2. The molecule has 0 fully saturated rings. The minimum absolute atomic E-state index is 0.0176. The zero-order valence-corrected chi connectivity index (χ0v) is 19.7. The molecule has 0 aromatic heterocycles. The molecule has 5 heteroatoms. The van der Waals surface area contributed by atoms with Crippen molar-refractivity contribution in [1.29, 1.82) is 0 Å². The second kappa shape index (κ2) is 14.3. The fourth-order valence-electron chi connectivity index (χ4n) is 3.85. The Hall–Kier alpha value is -1.85. The van der Waals surface area contributed by atoms with Crippen LogP contribution in [0.15, 0.2) is 53.4 Å². The van der Waals surface area contributed by atoms with E-state index in [9.17, 15) is 13.0 Å². The van der Waals surface area contributed by atoms with Crippen LogP contribution in [0.25, 0.3) is 0 Å². The number of unbranched alkanes of at least 4 members (excludes halogenated alkanes) is 11. The van der Waals surface area contributed by atoms with Crippen molar-refractivity contribution in [2.75, 3.05) is 0 Å². The summed E-state index contributed by atoms with van der Waals surface area (Å²) in [5, 5.41) is 0. The van der Waals surface area contributed by atoms with Gasteiger partial charge in [-0.05, 0) is 48.7 Å². The first-order valence-corrected chi connectivity index (χ1v) is 13.3. The molecule has 0 amide bonds. The Bertz CT molecular complexity index is 847. The lowest BCUT2D eigenvalue weighted by atomic mass is 10.0. The summed E-state index contributed by atoms with van der Waals surface area (Å²) in [5.41, 5.74) is 0.614. The first-order valence-electron chi connectivity index (χ1n) is 11.8. The normalized spacial score (nSPS) is 11.5. The van der Waals surface area contributed by atoms with Crippen LogP contribution in [0.1, 0.15) is 89.5 Å². The van der Waals surface area contributed by atoms with Gasteiger partial charge in [0.15, 0.2) is 0 Å². The lowest BCUT2D eigenvalue weighted by Crippen LogP contribution is -2.04. The van der Waals surface area contributed by atoms with Crippen LogP contribution in [0, 0.1) is 0 Å². The monoisotopic (exact) mass is 446 g/mol. The average Bonchev–Trinajstić information content (AvgIpc) is 2.74. The number of rotatable bonds is 16. The van der Waals surface area contributed by atoms with Gasteiger partial charge in [0.1, 0.15) is 11.5 Å². The highest BCUT2D eigenvalue weighted by Gasteiger charge is 2.16. The van der Waals surface area contributed by atoms with Gasteiger partial charge in [-0.25, -0.2) is 0 Å². The Balaban J connectivity index is 1.75. The van der Waals surface area contributed by atoms with Crippen molar-refractivity contribution >= 4 is 10.1 Å². The molecular weight excluding hydrogens is 408 g/mol. The minimum atomic E-state index is -4.24. The Morgan fingerprint density at radius 3 is 1.81 bits per heavy atom. The van der Waals surface area contributed by atoms with Crippen molar-refractivity contribution in [2.45, 2.75) is 95.3 Å². The number of ether oxygens (including phenoxy) is 1. The molecule has 0 saturated heterocycles. The summed E-state index contributed by atoms with van der Waals surface area (Å²) in [6.45, 7) is 2.25. The molecule has 0 heterocycles. The molecular formula is C26H38O4S. The van der Waals surface area contributed by atoms with E-state index in [-0.39, 0.29) is 4.90 Å². The number of hydrogen-bond donors (Lipinski definition) is 1. The van der Waals surface area contributed by atoms with Crippen molar-refractivity contribution in [3.8, 4) is 11.5 Å². The fourth-order valence-corrected chi connectivity index (χ4v) is 4.58. The molecule has 0 bridgehead atoms. The molecule has 0 atom stereocenters. The van der Waals surface area contributed by atoms with Gasteiger partial charge in [-0.1, -0.05) is 95.8 Å². The summed E-state index contributed by atoms with van der Waals surface area (Å²) in [6, 6.07) is 14.1. The summed E-state index contributed by atoms with van der Waals surface area (Å²) in [4.78, 5) is -0.0176.